The van der Waals surface area contributed by atoms with Crippen molar-refractivity contribution < 1.29 is 14.3 Å². The van der Waals surface area contributed by atoms with Gasteiger partial charge in [0.05, 0.1) is 0 Å². The standard InChI is InChI=1S/C7H6O4/c1-4(8)7-2-5(9)6(10)3-11-7/h2-3,10H,1H3. The third-order valence-electron chi connectivity index (χ3n) is 1.16. The van der Waals surface area contributed by atoms with Crippen LogP contribution in [0.1, 0.15) is 17.5 Å². The summed E-state index contributed by atoms with van der Waals surface area (Å²) < 4.78 is 4.60. The molecule has 0 aliphatic heterocycles. The van der Waals surface area contributed by atoms with Gasteiger partial charge in [-0.1, -0.05) is 0 Å². The van der Waals surface area contributed by atoms with E-state index in [-0.39, 0.29) is 11.5 Å². The van der Waals surface area contributed by atoms with Crippen LogP contribution >= 0.6 is 0 Å². The Balaban J connectivity index is 3.26. The van der Waals surface area contributed by atoms with Gasteiger partial charge in [0, 0.05) is 13.0 Å². The van der Waals surface area contributed by atoms with E-state index in [4.69, 9.17) is 5.11 Å². The van der Waals surface area contributed by atoms with E-state index < -0.39 is 11.2 Å². The van der Waals surface area contributed by atoms with Crippen molar-refractivity contribution in [3.63, 3.8) is 0 Å². The molecule has 11 heavy (non-hydrogen) atoms. The molecule has 0 bridgehead atoms. The minimum absolute atomic E-state index is 0.0483. The minimum Gasteiger partial charge on any atom is -0.502 e. The lowest BCUT2D eigenvalue weighted by Gasteiger charge is -1.92. The Morgan fingerprint density at radius 3 is 2.73 bits per heavy atom. The quantitative estimate of drug-likeness (QED) is 0.599. The molecule has 0 atom stereocenters. The molecule has 4 heteroatoms. The van der Waals surface area contributed by atoms with Crippen LogP contribution in [0.2, 0.25) is 0 Å². The second-order valence-corrected chi connectivity index (χ2v) is 2.05. The average molecular weight is 154 g/mol. The summed E-state index contributed by atoms with van der Waals surface area (Å²) in [6, 6.07) is 0.956. The van der Waals surface area contributed by atoms with Gasteiger partial charge in [-0.25, -0.2) is 0 Å². The molecule has 0 unspecified atom stereocenters. The number of Topliss-reactive ketones (excluding diaryl/α,β-unsaturated/α-hetero) is 1. The SMILES string of the molecule is CC(=O)c1cc(=O)c(O)co1. The fourth-order valence-electron chi connectivity index (χ4n) is 0.589. The average Bonchev–Trinajstić information content (AvgIpc) is 1.94. The molecule has 0 amide bonds. The first-order valence-corrected chi connectivity index (χ1v) is 2.94. The Hall–Kier alpha value is -1.58. The molecule has 0 fully saturated rings. The van der Waals surface area contributed by atoms with E-state index in [0.717, 1.165) is 12.3 Å². The maximum Gasteiger partial charge on any atom is 0.227 e. The molecule has 0 aliphatic carbocycles. The second-order valence-electron chi connectivity index (χ2n) is 2.05. The Kier molecular flexibility index (Phi) is 1.76. The molecule has 1 rings (SSSR count). The summed E-state index contributed by atoms with van der Waals surface area (Å²) in [5.74, 6) is -0.884. The molecular weight excluding hydrogens is 148 g/mol. The summed E-state index contributed by atoms with van der Waals surface area (Å²) >= 11 is 0. The van der Waals surface area contributed by atoms with Gasteiger partial charge in [-0.15, -0.1) is 0 Å². The van der Waals surface area contributed by atoms with E-state index >= 15 is 0 Å². The molecule has 1 N–H and O–H groups in total. The lowest BCUT2D eigenvalue weighted by molar-refractivity contribution is 0.0984. The van der Waals surface area contributed by atoms with Crippen molar-refractivity contribution >= 4 is 5.78 Å². The molecule has 0 radical (unpaired) electrons. The monoisotopic (exact) mass is 154 g/mol. The van der Waals surface area contributed by atoms with Crippen LogP contribution in [0, 0.1) is 0 Å². The zero-order valence-electron chi connectivity index (χ0n) is 5.83. The van der Waals surface area contributed by atoms with Gasteiger partial charge in [-0.05, 0) is 0 Å². The first-order chi connectivity index (χ1) is 5.11. The number of rotatable bonds is 1. The van der Waals surface area contributed by atoms with E-state index in [1.165, 1.54) is 6.92 Å². The largest absolute Gasteiger partial charge is 0.502 e. The van der Waals surface area contributed by atoms with Crippen LogP contribution in [-0.4, -0.2) is 10.9 Å². The number of aromatic hydroxyl groups is 1. The molecular formula is C7H6O4. The maximum atomic E-state index is 10.7. The smallest absolute Gasteiger partial charge is 0.227 e. The van der Waals surface area contributed by atoms with Crippen molar-refractivity contribution in [2.24, 2.45) is 0 Å². The molecule has 1 aromatic rings. The summed E-state index contributed by atoms with van der Waals surface area (Å²) in [4.78, 5) is 21.3. The summed E-state index contributed by atoms with van der Waals surface area (Å²) in [6.07, 6.45) is 0.846. The highest BCUT2D eigenvalue weighted by atomic mass is 16.4. The molecule has 0 saturated carbocycles. The van der Waals surface area contributed by atoms with Gasteiger partial charge < -0.3 is 9.52 Å². The Labute approximate surface area is 62.1 Å². The van der Waals surface area contributed by atoms with Crippen LogP contribution in [0.3, 0.4) is 0 Å². The van der Waals surface area contributed by atoms with Crippen LogP contribution in [0.15, 0.2) is 21.5 Å². The van der Waals surface area contributed by atoms with Gasteiger partial charge in [-0.3, -0.25) is 9.59 Å². The second kappa shape index (κ2) is 2.57. The number of carbonyl (C=O) groups excluding carboxylic acids is 1. The fourth-order valence-corrected chi connectivity index (χ4v) is 0.589. The topological polar surface area (TPSA) is 67.5 Å². The zero-order chi connectivity index (χ0) is 8.43. The Morgan fingerprint density at radius 1 is 1.64 bits per heavy atom. The molecule has 0 saturated heterocycles. The van der Waals surface area contributed by atoms with Crippen LogP contribution in [-0.2, 0) is 0 Å². The lowest BCUT2D eigenvalue weighted by Crippen LogP contribution is -2.02. The van der Waals surface area contributed by atoms with Crippen molar-refractivity contribution in [2.45, 2.75) is 6.92 Å². The zero-order valence-corrected chi connectivity index (χ0v) is 5.83. The highest BCUT2D eigenvalue weighted by Gasteiger charge is 2.04. The van der Waals surface area contributed by atoms with Crippen LogP contribution in [0.25, 0.3) is 0 Å². The molecule has 0 spiro atoms. The maximum absolute atomic E-state index is 10.7. The highest BCUT2D eigenvalue weighted by molar-refractivity contribution is 5.91. The van der Waals surface area contributed by atoms with Gasteiger partial charge in [0.1, 0.15) is 6.26 Å². The van der Waals surface area contributed by atoms with E-state index in [0.29, 0.717) is 0 Å². The summed E-state index contributed by atoms with van der Waals surface area (Å²) in [6.45, 7) is 1.27. The number of hydrogen-bond acceptors (Lipinski definition) is 4. The van der Waals surface area contributed by atoms with E-state index in [9.17, 15) is 9.59 Å². The summed E-state index contributed by atoms with van der Waals surface area (Å²) in [5, 5.41) is 8.71. The lowest BCUT2D eigenvalue weighted by atomic mass is 10.3. The van der Waals surface area contributed by atoms with Gasteiger partial charge in [-0.2, -0.15) is 0 Å². The van der Waals surface area contributed by atoms with Gasteiger partial charge in [0.15, 0.2) is 17.3 Å². The van der Waals surface area contributed by atoms with Crippen molar-refractivity contribution in [3.8, 4) is 5.75 Å². The molecule has 0 aliphatic rings. The molecule has 0 aromatic carbocycles. The predicted octanol–water partition coefficient (Wildman–Crippen LogP) is 0.548. The van der Waals surface area contributed by atoms with E-state index in [1.54, 1.807) is 0 Å². The van der Waals surface area contributed by atoms with Gasteiger partial charge in [0.25, 0.3) is 0 Å². The van der Waals surface area contributed by atoms with Gasteiger partial charge >= 0.3 is 0 Å². The number of hydrogen-bond donors (Lipinski definition) is 1. The summed E-state index contributed by atoms with van der Waals surface area (Å²) in [7, 11) is 0. The van der Waals surface area contributed by atoms with Crippen molar-refractivity contribution in [1.29, 1.82) is 0 Å². The third kappa shape index (κ3) is 1.46. The summed E-state index contributed by atoms with van der Waals surface area (Å²) in [5.41, 5.74) is -0.610. The van der Waals surface area contributed by atoms with E-state index in [2.05, 4.69) is 4.42 Å². The van der Waals surface area contributed by atoms with Crippen molar-refractivity contribution in [1.82, 2.24) is 0 Å². The minimum atomic E-state index is -0.610. The van der Waals surface area contributed by atoms with E-state index in [1.807, 2.05) is 0 Å². The van der Waals surface area contributed by atoms with Crippen LogP contribution in [0.5, 0.6) is 5.75 Å². The first kappa shape index (κ1) is 7.53. The molecule has 4 nitrogen and oxygen atoms in total. The Morgan fingerprint density at radius 2 is 2.27 bits per heavy atom. The predicted molar refractivity (Wildman–Crippen MR) is 36.6 cm³/mol. The number of carbonyl (C=O) groups is 1. The fraction of sp³-hybridized carbons (Fsp3) is 0.143. The van der Waals surface area contributed by atoms with Crippen LogP contribution in [0.4, 0.5) is 0 Å². The molecule has 1 heterocycles. The third-order valence-corrected chi connectivity index (χ3v) is 1.16. The van der Waals surface area contributed by atoms with Crippen molar-refractivity contribution in [3.05, 3.63) is 28.3 Å². The highest BCUT2D eigenvalue weighted by Crippen LogP contribution is 2.03. The Bertz CT molecular complexity index is 337. The van der Waals surface area contributed by atoms with Crippen molar-refractivity contribution in [2.75, 3.05) is 0 Å². The normalized spacial score (nSPS) is 9.55. The molecule has 58 valence electrons. The number of ketones is 1. The first-order valence-electron chi connectivity index (χ1n) is 2.94. The van der Waals surface area contributed by atoms with Gasteiger partial charge in [0.2, 0.25) is 5.43 Å². The molecule has 1 aromatic heterocycles. The van der Waals surface area contributed by atoms with Crippen LogP contribution < -0.4 is 5.43 Å².